The van der Waals surface area contributed by atoms with Gasteiger partial charge in [0.25, 0.3) is 0 Å². The van der Waals surface area contributed by atoms with E-state index >= 15 is 0 Å². The van der Waals surface area contributed by atoms with E-state index in [1.54, 1.807) is 0 Å². The summed E-state index contributed by atoms with van der Waals surface area (Å²) in [5.74, 6) is 0. The van der Waals surface area contributed by atoms with Crippen molar-refractivity contribution in [3.63, 3.8) is 0 Å². The predicted octanol–water partition coefficient (Wildman–Crippen LogP) is 0.210. The third-order valence-corrected chi connectivity index (χ3v) is 3.02. The summed E-state index contributed by atoms with van der Waals surface area (Å²) in [6.07, 6.45) is 4.29. The molecule has 3 rings (SSSR count). The Hall–Kier alpha value is -0.0800. The van der Waals surface area contributed by atoms with Gasteiger partial charge in [0.1, 0.15) is 0 Å². The van der Waals surface area contributed by atoms with Crippen LogP contribution < -0.4 is 5.32 Å². The average molecular weight is 137 g/mol. The number of piperazine rings is 1. The summed E-state index contributed by atoms with van der Waals surface area (Å²) >= 11 is 0. The van der Waals surface area contributed by atoms with Crippen molar-refractivity contribution in [3.05, 3.63) is 0 Å². The molecule has 1 radical (unpaired) electrons. The lowest BCUT2D eigenvalue weighted by Crippen LogP contribution is -2.41. The highest BCUT2D eigenvalue weighted by molar-refractivity contribution is 5.02. The number of hydrogen-bond acceptors (Lipinski definition) is 1. The Bertz CT molecular complexity index is 153. The zero-order chi connectivity index (χ0) is 6.55. The van der Waals surface area contributed by atoms with Crippen LogP contribution in [0.3, 0.4) is 0 Å². The number of rotatable bonds is 1. The first-order valence-corrected chi connectivity index (χ1v) is 4.36. The maximum absolute atomic E-state index is 4.52. The van der Waals surface area contributed by atoms with Crippen LogP contribution in [-0.2, 0) is 0 Å². The molecular weight excluding hydrogens is 124 g/mol. The number of hydrogen-bond donors (Lipinski definition) is 0. The molecule has 0 aromatic rings. The molecule has 0 aromatic heterocycles. The first kappa shape index (κ1) is 5.56. The molecule has 0 aromatic carbocycles. The lowest BCUT2D eigenvalue weighted by molar-refractivity contribution is 0.214. The van der Waals surface area contributed by atoms with Gasteiger partial charge in [-0.2, -0.15) is 0 Å². The molecule has 0 amide bonds. The first-order valence-electron chi connectivity index (χ1n) is 4.36. The average Bonchev–Trinajstić information content (AvgIpc) is 2.60. The molecule has 1 saturated carbocycles. The Morgan fingerprint density at radius 1 is 1.20 bits per heavy atom. The molecule has 2 atom stereocenters. The van der Waals surface area contributed by atoms with E-state index in [-0.39, 0.29) is 0 Å². The number of likely N-dealkylation sites (tertiary alicyclic amines) is 1. The van der Waals surface area contributed by atoms with Gasteiger partial charge in [0.05, 0.1) is 0 Å². The van der Waals surface area contributed by atoms with Gasteiger partial charge in [0, 0.05) is 31.2 Å². The Labute approximate surface area is 61.6 Å². The van der Waals surface area contributed by atoms with Gasteiger partial charge in [-0.1, -0.05) is 0 Å². The topological polar surface area (TPSA) is 17.3 Å². The van der Waals surface area contributed by atoms with Crippen LogP contribution in [0, 0.1) is 0 Å². The largest absolute Gasteiger partial charge is 0.294 e. The van der Waals surface area contributed by atoms with Crippen LogP contribution in [0.5, 0.6) is 0 Å². The lowest BCUT2D eigenvalue weighted by Gasteiger charge is -2.25. The predicted molar refractivity (Wildman–Crippen MR) is 38.9 cm³/mol. The molecule has 2 bridgehead atoms. The molecule has 10 heavy (non-hydrogen) atoms. The van der Waals surface area contributed by atoms with Gasteiger partial charge >= 0.3 is 0 Å². The van der Waals surface area contributed by atoms with E-state index in [2.05, 4.69) is 10.2 Å². The monoisotopic (exact) mass is 137 g/mol. The van der Waals surface area contributed by atoms with Crippen molar-refractivity contribution in [1.82, 2.24) is 10.2 Å². The lowest BCUT2D eigenvalue weighted by atomic mass is 10.2. The van der Waals surface area contributed by atoms with Crippen LogP contribution in [0.1, 0.15) is 19.3 Å². The van der Waals surface area contributed by atoms with Crippen LogP contribution in [0.25, 0.3) is 0 Å². The van der Waals surface area contributed by atoms with Crippen molar-refractivity contribution in [2.24, 2.45) is 0 Å². The van der Waals surface area contributed by atoms with Gasteiger partial charge in [-0.3, -0.25) is 4.90 Å². The van der Waals surface area contributed by atoms with Crippen molar-refractivity contribution in [2.45, 2.75) is 37.4 Å². The molecule has 3 fully saturated rings. The third-order valence-electron chi connectivity index (χ3n) is 3.02. The van der Waals surface area contributed by atoms with E-state index in [4.69, 9.17) is 0 Å². The molecular formula is C8H13N2. The second-order valence-corrected chi connectivity index (χ2v) is 3.84. The van der Waals surface area contributed by atoms with E-state index in [0.29, 0.717) is 0 Å². The number of nitrogens with zero attached hydrogens (tertiary/aromatic N) is 2. The van der Waals surface area contributed by atoms with Gasteiger partial charge in [-0.05, 0) is 19.3 Å². The first-order chi connectivity index (χ1) is 4.93. The van der Waals surface area contributed by atoms with E-state index in [9.17, 15) is 0 Å². The van der Waals surface area contributed by atoms with Gasteiger partial charge < -0.3 is 0 Å². The highest BCUT2D eigenvalue weighted by atomic mass is 15.3. The maximum Gasteiger partial charge on any atom is 0.0389 e. The molecule has 0 N–H and O–H groups in total. The van der Waals surface area contributed by atoms with Gasteiger partial charge in [0.15, 0.2) is 0 Å². The van der Waals surface area contributed by atoms with Crippen LogP contribution in [0.4, 0.5) is 0 Å². The minimum Gasteiger partial charge on any atom is -0.294 e. The van der Waals surface area contributed by atoms with Crippen molar-refractivity contribution >= 4 is 0 Å². The fourth-order valence-corrected chi connectivity index (χ4v) is 2.35. The molecule has 2 nitrogen and oxygen atoms in total. The second kappa shape index (κ2) is 1.74. The zero-order valence-corrected chi connectivity index (χ0v) is 6.16. The maximum atomic E-state index is 4.52. The summed E-state index contributed by atoms with van der Waals surface area (Å²) in [6, 6.07) is 2.56. The van der Waals surface area contributed by atoms with Crippen LogP contribution in [0.2, 0.25) is 0 Å². The second-order valence-electron chi connectivity index (χ2n) is 3.84. The summed E-state index contributed by atoms with van der Waals surface area (Å²) in [7, 11) is 0. The fraction of sp³-hybridized carbons (Fsp3) is 1.00. The summed E-state index contributed by atoms with van der Waals surface area (Å²) in [4.78, 5) is 2.69. The Morgan fingerprint density at radius 3 is 2.60 bits per heavy atom. The number of fused-ring (bicyclic) bond motifs is 2. The summed E-state index contributed by atoms with van der Waals surface area (Å²) in [5, 5.41) is 4.52. The third kappa shape index (κ3) is 0.663. The van der Waals surface area contributed by atoms with Crippen LogP contribution >= 0.6 is 0 Å². The molecule has 3 aliphatic rings. The van der Waals surface area contributed by atoms with E-state index in [1.165, 1.54) is 25.8 Å². The van der Waals surface area contributed by atoms with Gasteiger partial charge in [-0.25, -0.2) is 5.32 Å². The molecule has 2 saturated heterocycles. The molecule has 0 spiro atoms. The Balaban J connectivity index is 1.77. The fourth-order valence-electron chi connectivity index (χ4n) is 2.35. The summed E-state index contributed by atoms with van der Waals surface area (Å²) in [6.45, 7) is 2.43. The minimum absolute atomic E-state index is 0.727. The van der Waals surface area contributed by atoms with Gasteiger partial charge in [0.2, 0.25) is 0 Å². The van der Waals surface area contributed by atoms with E-state index in [1.807, 2.05) is 0 Å². The quantitative estimate of drug-likeness (QED) is 0.505. The van der Waals surface area contributed by atoms with E-state index < -0.39 is 0 Å². The molecule has 55 valence electrons. The molecule has 2 heterocycles. The SMILES string of the molecule is C1CC1N1CC2CC1C[N]2. The molecule has 2 aliphatic heterocycles. The highest BCUT2D eigenvalue weighted by Gasteiger charge is 2.44. The molecule has 2 heteroatoms. The minimum atomic E-state index is 0.727. The van der Waals surface area contributed by atoms with Crippen LogP contribution in [0.15, 0.2) is 0 Å². The van der Waals surface area contributed by atoms with Crippen molar-refractivity contribution in [3.8, 4) is 0 Å². The van der Waals surface area contributed by atoms with Crippen LogP contribution in [-0.4, -0.2) is 36.1 Å². The van der Waals surface area contributed by atoms with Crippen molar-refractivity contribution < 1.29 is 0 Å². The van der Waals surface area contributed by atoms with Gasteiger partial charge in [-0.15, -0.1) is 0 Å². The Morgan fingerprint density at radius 2 is 2.10 bits per heavy atom. The normalized spacial score (nSPS) is 46.8. The van der Waals surface area contributed by atoms with E-state index in [0.717, 1.165) is 24.7 Å². The molecule has 2 unspecified atom stereocenters. The summed E-state index contributed by atoms with van der Waals surface area (Å²) < 4.78 is 0. The smallest absolute Gasteiger partial charge is 0.0389 e. The molecule has 1 aliphatic carbocycles. The van der Waals surface area contributed by atoms with Crippen molar-refractivity contribution in [2.75, 3.05) is 13.1 Å². The Kier molecular flexibility index (Phi) is 0.968. The summed E-state index contributed by atoms with van der Waals surface area (Å²) in [5.41, 5.74) is 0. The zero-order valence-electron chi connectivity index (χ0n) is 6.16. The highest BCUT2D eigenvalue weighted by Crippen LogP contribution is 2.35. The standard InChI is InChI=1S/C8H13N2/c1-2-7(1)10-5-6-3-8(10)4-9-6/h6-8H,1-5H2. The van der Waals surface area contributed by atoms with Crippen molar-refractivity contribution in [1.29, 1.82) is 0 Å².